The molecule has 0 aromatic carbocycles. The second-order valence-electron chi connectivity index (χ2n) is 3.99. The fourth-order valence-corrected chi connectivity index (χ4v) is 1.79. The van der Waals surface area contributed by atoms with Gasteiger partial charge in [-0.1, -0.05) is 5.21 Å². The fourth-order valence-electron chi connectivity index (χ4n) is 1.79. The largest absolute Gasteiger partial charge is 0.381 e. The number of rotatable bonds is 4. The van der Waals surface area contributed by atoms with Crippen molar-refractivity contribution < 1.29 is 9.53 Å². The van der Waals surface area contributed by atoms with Crippen molar-refractivity contribution in [3.8, 4) is 0 Å². The number of Topliss-reactive ketones (excluding diaryl/α,β-unsaturated/α-hetero) is 1. The lowest BCUT2D eigenvalue weighted by Gasteiger charge is -2.20. The first kappa shape index (κ1) is 11.2. The van der Waals surface area contributed by atoms with E-state index in [0.29, 0.717) is 18.8 Å². The second-order valence-corrected chi connectivity index (χ2v) is 3.99. The summed E-state index contributed by atoms with van der Waals surface area (Å²) in [4.78, 5) is 11.9. The Labute approximate surface area is 93.8 Å². The van der Waals surface area contributed by atoms with E-state index < -0.39 is 0 Å². The molecule has 88 valence electrons. The van der Waals surface area contributed by atoms with Crippen LogP contribution in [-0.4, -0.2) is 34.0 Å². The number of hydrogen-bond donors (Lipinski definition) is 1. The molecular weight excluding hydrogens is 208 g/mol. The maximum absolute atomic E-state index is 11.9. The van der Waals surface area contributed by atoms with E-state index in [1.165, 1.54) is 0 Å². The van der Waals surface area contributed by atoms with Crippen molar-refractivity contribution in [2.24, 2.45) is 11.7 Å². The molecule has 2 rings (SSSR count). The summed E-state index contributed by atoms with van der Waals surface area (Å²) in [6, 6.07) is 0. The molecule has 2 heterocycles. The topological polar surface area (TPSA) is 83.0 Å². The van der Waals surface area contributed by atoms with Crippen molar-refractivity contribution in [2.75, 3.05) is 13.2 Å². The molecule has 6 heteroatoms. The first-order chi connectivity index (χ1) is 7.79. The van der Waals surface area contributed by atoms with Crippen LogP contribution in [0.2, 0.25) is 0 Å². The molecule has 1 unspecified atom stereocenters. The smallest absolute Gasteiger partial charge is 0.159 e. The Morgan fingerprint density at radius 3 is 3.19 bits per heavy atom. The average molecular weight is 224 g/mol. The molecule has 2 N–H and O–H groups in total. The van der Waals surface area contributed by atoms with Crippen LogP contribution in [0, 0.1) is 5.92 Å². The molecule has 0 radical (unpaired) electrons. The minimum atomic E-state index is 0.0132. The number of carbonyl (C=O) groups is 1. The zero-order valence-electron chi connectivity index (χ0n) is 9.13. The lowest BCUT2D eigenvalue weighted by atomic mass is 9.97. The summed E-state index contributed by atoms with van der Waals surface area (Å²) < 4.78 is 6.82. The van der Waals surface area contributed by atoms with Crippen LogP contribution in [-0.2, 0) is 22.6 Å². The number of nitrogens with two attached hydrogens (primary N) is 1. The van der Waals surface area contributed by atoms with Gasteiger partial charge in [-0.15, -0.1) is 5.10 Å². The van der Waals surface area contributed by atoms with Gasteiger partial charge in [0.25, 0.3) is 0 Å². The Balaban J connectivity index is 1.90. The van der Waals surface area contributed by atoms with Gasteiger partial charge in [0.1, 0.15) is 6.54 Å². The molecule has 1 aromatic rings. The minimum Gasteiger partial charge on any atom is -0.381 e. The van der Waals surface area contributed by atoms with Crippen molar-refractivity contribution in [3.63, 3.8) is 0 Å². The number of hydrogen-bond acceptors (Lipinski definition) is 5. The van der Waals surface area contributed by atoms with E-state index in [0.717, 1.165) is 19.4 Å². The number of ether oxygens (including phenoxy) is 1. The molecule has 0 spiro atoms. The summed E-state index contributed by atoms with van der Waals surface area (Å²) >= 11 is 0. The highest BCUT2D eigenvalue weighted by Gasteiger charge is 2.22. The molecule has 1 aliphatic heterocycles. The van der Waals surface area contributed by atoms with Crippen LogP contribution in [0.25, 0.3) is 0 Å². The van der Waals surface area contributed by atoms with E-state index in [2.05, 4.69) is 10.3 Å². The van der Waals surface area contributed by atoms with Crippen LogP contribution < -0.4 is 5.73 Å². The highest BCUT2D eigenvalue weighted by molar-refractivity contribution is 5.80. The SMILES string of the molecule is NCc1cn(CC(=O)C2CCCOC2)nn1. The van der Waals surface area contributed by atoms with Gasteiger partial charge in [0.15, 0.2) is 5.78 Å². The van der Waals surface area contributed by atoms with Crippen molar-refractivity contribution in [2.45, 2.75) is 25.9 Å². The third kappa shape index (κ3) is 2.65. The molecule has 0 bridgehead atoms. The first-order valence-electron chi connectivity index (χ1n) is 5.49. The molecule has 1 aliphatic rings. The minimum absolute atomic E-state index is 0.0132. The van der Waals surface area contributed by atoms with E-state index in [9.17, 15) is 4.79 Å². The molecule has 0 aliphatic carbocycles. The van der Waals surface area contributed by atoms with E-state index in [1.54, 1.807) is 10.9 Å². The number of aromatic nitrogens is 3. The average Bonchev–Trinajstić information content (AvgIpc) is 2.78. The molecule has 1 aromatic heterocycles. The van der Waals surface area contributed by atoms with Crippen LogP contribution >= 0.6 is 0 Å². The van der Waals surface area contributed by atoms with Gasteiger partial charge in [-0.2, -0.15) is 0 Å². The van der Waals surface area contributed by atoms with Crippen LogP contribution in [0.5, 0.6) is 0 Å². The van der Waals surface area contributed by atoms with E-state index >= 15 is 0 Å². The van der Waals surface area contributed by atoms with Gasteiger partial charge in [0.05, 0.1) is 18.5 Å². The summed E-state index contributed by atoms with van der Waals surface area (Å²) in [6.45, 7) is 1.92. The van der Waals surface area contributed by atoms with Gasteiger partial charge >= 0.3 is 0 Å². The Hall–Kier alpha value is -1.27. The van der Waals surface area contributed by atoms with E-state index in [4.69, 9.17) is 10.5 Å². The number of carbonyl (C=O) groups excluding carboxylic acids is 1. The third-order valence-corrected chi connectivity index (χ3v) is 2.73. The van der Waals surface area contributed by atoms with Crippen molar-refractivity contribution >= 4 is 5.78 Å². The van der Waals surface area contributed by atoms with Crippen LogP contribution in [0.3, 0.4) is 0 Å². The van der Waals surface area contributed by atoms with Crippen LogP contribution in [0.15, 0.2) is 6.20 Å². The molecule has 0 amide bonds. The highest BCUT2D eigenvalue weighted by Crippen LogP contribution is 2.15. The quantitative estimate of drug-likeness (QED) is 0.761. The molecule has 1 saturated heterocycles. The van der Waals surface area contributed by atoms with Gasteiger partial charge in [0.2, 0.25) is 0 Å². The predicted octanol–water partition coefficient (Wildman–Crippen LogP) is -0.268. The Morgan fingerprint density at radius 2 is 2.56 bits per heavy atom. The summed E-state index contributed by atoms with van der Waals surface area (Å²) in [6.07, 6.45) is 3.58. The molecule has 16 heavy (non-hydrogen) atoms. The molecule has 6 nitrogen and oxygen atoms in total. The van der Waals surface area contributed by atoms with Crippen LogP contribution in [0.1, 0.15) is 18.5 Å². The van der Waals surface area contributed by atoms with Crippen molar-refractivity contribution in [3.05, 3.63) is 11.9 Å². The molecular formula is C10H16N4O2. The molecule has 0 saturated carbocycles. The molecule has 1 atom stereocenters. The first-order valence-corrected chi connectivity index (χ1v) is 5.49. The van der Waals surface area contributed by atoms with Gasteiger partial charge in [-0.05, 0) is 12.8 Å². The van der Waals surface area contributed by atoms with E-state index in [1.807, 2.05) is 0 Å². The normalized spacial score (nSPS) is 20.9. The maximum atomic E-state index is 11.9. The summed E-state index contributed by atoms with van der Waals surface area (Å²) in [5.74, 6) is 0.174. The highest BCUT2D eigenvalue weighted by atomic mass is 16.5. The predicted molar refractivity (Wildman–Crippen MR) is 56.5 cm³/mol. The zero-order chi connectivity index (χ0) is 11.4. The number of nitrogens with zero attached hydrogens (tertiary/aromatic N) is 3. The third-order valence-electron chi connectivity index (χ3n) is 2.73. The Bertz CT molecular complexity index is 357. The standard InChI is InChI=1S/C10H16N4O2/c11-4-9-5-14(13-12-9)6-10(15)8-2-1-3-16-7-8/h5,8H,1-4,6-7,11H2. The Morgan fingerprint density at radius 1 is 1.69 bits per heavy atom. The summed E-state index contributed by atoms with van der Waals surface area (Å²) in [5.41, 5.74) is 6.12. The Kier molecular flexibility index (Phi) is 3.63. The lowest BCUT2D eigenvalue weighted by molar-refractivity contribution is -0.127. The zero-order valence-corrected chi connectivity index (χ0v) is 9.13. The maximum Gasteiger partial charge on any atom is 0.159 e. The van der Waals surface area contributed by atoms with Crippen molar-refractivity contribution in [1.29, 1.82) is 0 Å². The summed E-state index contributed by atoms with van der Waals surface area (Å²) in [7, 11) is 0. The second kappa shape index (κ2) is 5.18. The van der Waals surface area contributed by atoms with E-state index in [-0.39, 0.29) is 18.2 Å². The van der Waals surface area contributed by atoms with Gasteiger partial charge in [0, 0.05) is 19.1 Å². The fraction of sp³-hybridized carbons (Fsp3) is 0.700. The van der Waals surface area contributed by atoms with Crippen molar-refractivity contribution in [1.82, 2.24) is 15.0 Å². The molecule has 1 fully saturated rings. The van der Waals surface area contributed by atoms with Gasteiger partial charge in [-0.25, -0.2) is 4.68 Å². The monoisotopic (exact) mass is 224 g/mol. The van der Waals surface area contributed by atoms with Crippen LogP contribution in [0.4, 0.5) is 0 Å². The lowest BCUT2D eigenvalue weighted by Crippen LogP contribution is -2.28. The summed E-state index contributed by atoms with van der Waals surface area (Å²) in [5, 5.41) is 7.68. The van der Waals surface area contributed by atoms with Gasteiger partial charge in [-0.3, -0.25) is 4.79 Å². The number of ketones is 1. The van der Waals surface area contributed by atoms with Gasteiger partial charge < -0.3 is 10.5 Å².